The van der Waals surface area contributed by atoms with Crippen LogP contribution < -0.4 is 0 Å². The van der Waals surface area contributed by atoms with Crippen molar-refractivity contribution in [1.82, 2.24) is 0 Å². The molecule has 2 aromatic rings. The monoisotopic (exact) mass is 224 g/mol. The first-order valence-corrected chi connectivity index (χ1v) is 4.63. The molecule has 0 saturated carbocycles. The molecule has 0 aliphatic rings. The highest BCUT2D eigenvalue weighted by Crippen LogP contribution is 2.29. The summed E-state index contributed by atoms with van der Waals surface area (Å²) in [4.78, 5) is 0. The zero-order valence-electron chi connectivity index (χ0n) is 7.02. The molecule has 0 saturated heterocycles. The van der Waals surface area contributed by atoms with E-state index in [2.05, 4.69) is 35.0 Å². The molecule has 2 rings (SSSR count). The zero-order chi connectivity index (χ0) is 8.72. The fourth-order valence-electron chi connectivity index (χ4n) is 1.30. The van der Waals surface area contributed by atoms with Gasteiger partial charge < -0.3 is 4.42 Å². The van der Waals surface area contributed by atoms with Crippen molar-refractivity contribution in [1.29, 1.82) is 0 Å². The Balaban J connectivity index is 2.89. The van der Waals surface area contributed by atoms with Crippen molar-refractivity contribution in [3.8, 4) is 0 Å². The average Bonchev–Trinajstić information content (AvgIpc) is 2.39. The van der Waals surface area contributed by atoms with Gasteiger partial charge in [-0.25, -0.2) is 0 Å². The minimum Gasteiger partial charge on any atom is -0.460 e. The molecule has 12 heavy (non-hydrogen) atoms. The van der Waals surface area contributed by atoms with E-state index in [-0.39, 0.29) is 0 Å². The van der Waals surface area contributed by atoms with Gasteiger partial charge in [-0.05, 0) is 41.4 Å². The van der Waals surface area contributed by atoms with Crippen LogP contribution in [0.2, 0.25) is 0 Å². The van der Waals surface area contributed by atoms with Crippen molar-refractivity contribution in [3.63, 3.8) is 0 Å². The van der Waals surface area contributed by atoms with Gasteiger partial charge in [-0.15, -0.1) is 0 Å². The fourth-order valence-corrected chi connectivity index (χ4v) is 1.74. The lowest BCUT2D eigenvalue weighted by atomic mass is 10.2. The van der Waals surface area contributed by atoms with Gasteiger partial charge in [-0.1, -0.05) is 12.1 Å². The van der Waals surface area contributed by atoms with E-state index >= 15 is 0 Å². The molecular weight excluding hydrogens is 216 g/mol. The molecule has 62 valence electrons. The van der Waals surface area contributed by atoms with E-state index in [1.165, 1.54) is 5.56 Å². The van der Waals surface area contributed by atoms with E-state index in [0.29, 0.717) is 0 Å². The Kier molecular flexibility index (Phi) is 1.72. The summed E-state index contributed by atoms with van der Waals surface area (Å²) in [5, 5.41) is 1.16. The topological polar surface area (TPSA) is 13.1 Å². The molecule has 0 aliphatic heterocycles. The molecule has 0 spiro atoms. The molecule has 0 radical (unpaired) electrons. The first kappa shape index (κ1) is 7.87. The van der Waals surface area contributed by atoms with Crippen molar-refractivity contribution in [3.05, 3.63) is 34.0 Å². The van der Waals surface area contributed by atoms with Gasteiger partial charge in [0.1, 0.15) is 11.3 Å². The lowest BCUT2D eigenvalue weighted by Crippen LogP contribution is -1.73. The summed E-state index contributed by atoms with van der Waals surface area (Å²) in [6, 6.07) is 6.20. The van der Waals surface area contributed by atoms with Crippen molar-refractivity contribution < 1.29 is 4.42 Å². The van der Waals surface area contributed by atoms with E-state index in [1.54, 1.807) is 0 Å². The molecule has 1 nitrogen and oxygen atoms in total. The van der Waals surface area contributed by atoms with Crippen LogP contribution in [-0.4, -0.2) is 0 Å². The van der Waals surface area contributed by atoms with Crippen LogP contribution in [0.4, 0.5) is 0 Å². The Bertz CT molecular complexity index is 429. The third-order valence-electron chi connectivity index (χ3n) is 1.94. The van der Waals surface area contributed by atoms with Gasteiger partial charge in [0.2, 0.25) is 0 Å². The highest BCUT2D eigenvalue weighted by molar-refractivity contribution is 9.10. The molecular formula is C10H9BrO. The minimum atomic E-state index is 0.951. The van der Waals surface area contributed by atoms with E-state index in [4.69, 9.17) is 4.42 Å². The van der Waals surface area contributed by atoms with E-state index in [9.17, 15) is 0 Å². The van der Waals surface area contributed by atoms with Crippen LogP contribution in [0.15, 0.2) is 27.1 Å². The lowest BCUT2D eigenvalue weighted by molar-refractivity contribution is 0.576. The molecule has 0 fully saturated rings. The summed E-state index contributed by atoms with van der Waals surface area (Å²) in [5.74, 6) is 0.955. The van der Waals surface area contributed by atoms with Gasteiger partial charge >= 0.3 is 0 Å². The highest BCUT2D eigenvalue weighted by Gasteiger charge is 2.05. The smallest absolute Gasteiger partial charge is 0.148 e. The van der Waals surface area contributed by atoms with Crippen LogP contribution in [-0.2, 0) is 0 Å². The van der Waals surface area contributed by atoms with E-state index in [1.807, 2.05) is 13.0 Å². The zero-order valence-corrected chi connectivity index (χ0v) is 8.60. The van der Waals surface area contributed by atoms with Gasteiger partial charge in [-0.2, -0.15) is 0 Å². The average molecular weight is 225 g/mol. The third kappa shape index (κ3) is 1.07. The number of benzene rings is 1. The summed E-state index contributed by atoms with van der Waals surface area (Å²) in [6.45, 7) is 4.02. The normalized spacial score (nSPS) is 10.9. The molecule has 0 amide bonds. The molecule has 0 unspecified atom stereocenters. The maximum Gasteiger partial charge on any atom is 0.148 e. The Morgan fingerprint density at radius 2 is 2.00 bits per heavy atom. The number of rotatable bonds is 0. The quantitative estimate of drug-likeness (QED) is 0.664. The Labute approximate surface area is 79.5 Å². The molecule has 1 aromatic carbocycles. The second-order valence-corrected chi connectivity index (χ2v) is 3.76. The SMILES string of the molecule is Cc1cc2ccc(C)c(Br)c2o1. The van der Waals surface area contributed by atoms with E-state index in [0.717, 1.165) is 21.2 Å². The van der Waals surface area contributed by atoms with Gasteiger partial charge in [-0.3, -0.25) is 0 Å². The lowest BCUT2D eigenvalue weighted by Gasteiger charge is -1.96. The van der Waals surface area contributed by atoms with Gasteiger partial charge in [0.05, 0.1) is 4.47 Å². The fraction of sp³-hybridized carbons (Fsp3) is 0.200. The molecule has 0 N–H and O–H groups in total. The summed E-state index contributed by atoms with van der Waals surface area (Å²) in [5.41, 5.74) is 2.16. The maximum absolute atomic E-state index is 5.53. The summed E-state index contributed by atoms with van der Waals surface area (Å²) >= 11 is 3.50. The van der Waals surface area contributed by atoms with Gasteiger partial charge in [0.15, 0.2) is 0 Å². The predicted octanol–water partition coefficient (Wildman–Crippen LogP) is 3.81. The second-order valence-electron chi connectivity index (χ2n) is 2.97. The minimum absolute atomic E-state index is 0.951. The molecule has 0 atom stereocenters. The number of fused-ring (bicyclic) bond motifs is 1. The maximum atomic E-state index is 5.53. The van der Waals surface area contributed by atoms with Crippen LogP contribution >= 0.6 is 15.9 Å². The number of aryl methyl sites for hydroxylation is 2. The van der Waals surface area contributed by atoms with Crippen molar-refractivity contribution in [2.24, 2.45) is 0 Å². The van der Waals surface area contributed by atoms with Crippen molar-refractivity contribution in [2.75, 3.05) is 0 Å². The summed E-state index contributed by atoms with van der Waals surface area (Å²) in [6.07, 6.45) is 0. The number of hydrogen-bond acceptors (Lipinski definition) is 1. The second kappa shape index (κ2) is 2.63. The van der Waals surface area contributed by atoms with Crippen LogP contribution in [0.5, 0.6) is 0 Å². The Hall–Kier alpha value is -0.760. The number of hydrogen-bond donors (Lipinski definition) is 0. The molecule has 1 heterocycles. The Morgan fingerprint density at radius 3 is 2.75 bits per heavy atom. The molecule has 1 aromatic heterocycles. The highest BCUT2D eigenvalue weighted by atomic mass is 79.9. The first-order valence-electron chi connectivity index (χ1n) is 3.84. The third-order valence-corrected chi connectivity index (χ3v) is 2.93. The van der Waals surface area contributed by atoms with Crippen LogP contribution in [0, 0.1) is 13.8 Å². The number of furan rings is 1. The van der Waals surface area contributed by atoms with Gasteiger partial charge in [0.25, 0.3) is 0 Å². The van der Waals surface area contributed by atoms with Gasteiger partial charge in [0, 0.05) is 5.39 Å². The van der Waals surface area contributed by atoms with Crippen molar-refractivity contribution in [2.45, 2.75) is 13.8 Å². The first-order chi connectivity index (χ1) is 5.68. The summed E-state index contributed by atoms with van der Waals surface area (Å²) < 4.78 is 6.60. The van der Waals surface area contributed by atoms with E-state index < -0.39 is 0 Å². The molecule has 2 heteroatoms. The largest absolute Gasteiger partial charge is 0.460 e. The summed E-state index contributed by atoms with van der Waals surface area (Å²) in [7, 11) is 0. The van der Waals surface area contributed by atoms with Crippen molar-refractivity contribution >= 4 is 26.9 Å². The van der Waals surface area contributed by atoms with Crippen LogP contribution in [0.25, 0.3) is 11.0 Å². The Morgan fingerprint density at radius 1 is 1.25 bits per heavy atom. The number of halogens is 1. The predicted molar refractivity (Wildman–Crippen MR) is 53.4 cm³/mol. The standard InChI is InChI=1S/C10H9BrO/c1-6-3-4-8-5-7(2)12-10(8)9(6)11/h3-5H,1-2H3. The van der Waals surface area contributed by atoms with Crippen LogP contribution in [0.1, 0.15) is 11.3 Å². The molecule has 0 aliphatic carbocycles. The van der Waals surface area contributed by atoms with Crippen LogP contribution in [0.3, 0.4) is 0 Å². The molecule has 0 bridgehead atoms.